The van der Waals surface area contributed by atoms with Crippen molar-refractivity contribution in [1.29, 1.82) is 0 Å². The first-order valence-corrected chi connectivity index (χ1v) is 7.97. The monoisotopic (exact) mass is 350 g/mol. The molecule has 0 unspecified atom stereocenters. The standard InChI is InChI=1S/C20H18N2O4/c1-25-19-12-16(9-10-21-19)15-7-8-18(23)17(11-15)22-20(24)26-13-14-5-3-2-4-6-14/h2-12,23H,13H2,1H3,(H,22,24). The Morgan fingerprint density at radius 2 is 1.85 bits per heavy atom. The van der Waals surface area contributed by atoms with Gasteiger partial charge in [0.05, 0.1) is 12.8 Å². The summed E-state index contributed by atoms with van der Waals surface area (Å²) in [6, 6.07) is 17.8. The van der Waals surface area contributed by atoms with E-state index in [1.807, 2.05) is 36.4 Å². The second-order valence-electron chi connectivity index (χ2n) is 5.51. The maximum Gasteiger partial charge on any atom is 0.412 e. The summed E-state index contributed by atoms with van der Waals surface area (Å²) in [5, 5.41) is 12.6. The van der Waals surface area contributed by atoms with Crippen LogP contribution in [0.1, 0.15) is 5.56 Å². The number of hydrogen-bond acceptors (Lipinski definition) is 5. The maximum absolute atomic E-state index is 12.0. The second kappa shape index (κ2) is 8.02. The number of carbonyl (C=O) groups is 1. The number of aromatic nitrogens is 1. The second-order valence-corrected chi connectivity index (χ2v) is 5.51. The van der Waals surface area contributed by atoms with E-state index in [4.69, 9.17) is 9.47 Å². The van der Waals surface area contributed by atoms with Crippen LogP contribution in [-0.2, 0) is 11.3 Å². The fourth-order valence-corrected chi connectivity index (χ4v) is 2.39. The number of rotatable bonds is 5. The van der Waals surface area contributed by atoms with Crippen molar-refractivity contribution in [3.8, 4) is 22.8 Å². The summed E-state index contributed by atoms with van der Waals surface area (Å²) in [6.07, 6.45) is 0.982. The lowest BCUT2D eigenvalue weighted by atomic mass is 10.1. The van der Waals surface area contributed by atoms with Crippen LogP contribution in [0.25, 0.3) is 11.1 Å². The quantitative estimate of drug-likeness (QED) is 0.674. The molecule has 0 spiro atoms. The van der Waals surface area contributed by atoms with Gasteiger partial charge in [0.25, 0.3) is 0 Å². The molecule has 0 saturated carbocycles. The molecule has 3 rings (SSSR count). The zero-order valence-corrected chi connectivity index (χ0v) is 14.2. The minimum absolute atomic E-state index is 0.0496. The van der Waals surface area contributed by atoms with Gasteiger partial charge in [-0.05, 0) is 34.9 Å². The highest BCUT2D eigenvalue weighted by molar-refractivity contribution is 5.88. The van der Waals surface area contributed by atoms with Crippen molar-refractivity contribution in [2.24, 2.45) is 0 Å². The van der Waals surface area contributed by atoms with E-state index < -0.39 is 6.09 Å². The van der Waals surface area contributed by atoms with Gasteiger partial charge in [0.15, 0.2) is 0 Å². The molecule has 0 saturated heterocycles. The van der Waals surface area contributed by atoms with Crippen LogP contribution in [-0.4, -0.2) is 23.3 Å². The minimum atomic E-state index is -0.645. The summed E-state index contributed by atoms with van der Waals surface area (Å²) in [5.74, 6) is 0.429. The van der Waals surface area contributed by atoms with Crippen LogP contribution >= 0.6 is 0 Å². The number of benzene rings is 2. The van der Waals surface area contributed by atoms with Crippen molar-refractivity contribution in [1.82, 2.24) is 4.98 Å². The molecule has 132 valence electrons. The number of pyridine rings is 1. The number of carbonyl (C=O) groups excluding carboxylic acids is 1. The van der Waals surface area contributed by atoms with Crippen molar-refractivity contribution in [2.45, 2.75) is 6.61 Å². The van der Waals surface area contributed by atoms with Gasteiger partial charge in [-0.15, -0.1) is 0 Å². The maximum atomic E-state index is 12.0. The van der Waals surface area contributed by atoms with E-state index in [0.717, 1.165) is 16.7 Å². The highest BCUT2D eigenvalue weighted by Gasteiger charge is 2.10. The van der Waals surface area contributed by atoms with Crippen molar-refractivity contribution >= 4 is 11.8 Å². The largest absolute Gasteiger partial charge is 0.506 e. The van der Waals surface area contributed by atoms with Crippen molar-refractivity contribution in [3.05, 3.63) is 72.4 Å². The summed E-state index contributed by atoms with van der Waals surface area (Å²) in [6.45, 7) is 0.147. The van der Waals surface area contributed by atoms with Gasteiger partial charge in [0.1, 0.15) is 12.4 Å². The van der Waals surface area contributed by atoms with Gasteiger partial charge < -0.3 is 14.6 Å². The molecule has 0 fully saturated rings. The van der Waals surface area contributed by atoms with E-state index >= 15 is 0 Å². The summed E-state index contributed by atoms with van der Waals surface area (Å²) in [5.41, 5.74) is 2.78. The summed E-state index contributed by atoms with van der Waals surface area (Å²) in [4.78, 5) is 16.1. The number of aromatic hydroxyl groups is 1. The van der Waals surface area contributed by atoms with Gasteiger partial charge >= 0.3 is 6.09 Å². The number of amides is 1. The van der Waals surface area contributed by atoms with Crippen LogP contribution in [0.3, 0.4) is 0 Å². The Morgan fingerprint density at radius 1 is 1.08 bits per heavy atom. The molecule has 0 aliphatic carbocycles. The Morgan fingerprint density at radius 3 is 2.62 bits per heavy atom. The lowest BCUT2D eigenvalue weighted by Gasteiger charge is -2.11. The molecule has 6 nitrogen and oxygen atoms in total. The van der Waals surface area contributed by atoms with Gasteiger partial charge in [-0.3, -0.25) is 5.32 Å². The SMILES string of the molecule is COc1cc(-c2ccc(O)c(NC(=O)OCc3ccccc3)c2)ccn1. The first-order chi connectivity index (χ1) is 12.7. The van der Waals surface area contributed by atoms with Crippen molar-refractivity contribution in [2.75, 3.05) is 12.4 Å². The first-order valence-electron chi connectivity index (χ1n) is 7.97. The fraction of sp³-hybridized carbons (Fsp3) is 0.100. The molecule has 2 N–H and O–H groups in total. The zero-order valence-electron chi connectivity index (χ0n) is 14.2. The molecule has 0 aliphatic rings. The Bertz CT molecular complexity index is 897. The molecule has 1 amide bonds. The number of ether oxygens (including phenoxy) is 2. The van der Waals surface area contributed by atoms with E-state index in [9.17, 15) is 9.90 Å². The van der Waals surface area contributed by atoms with E-state index in [-0.39, 0.29) is 18.0 Å². The van der Waals surface area contributed by atoms with Crippen LogP contribution in [0.4, 0.5) is 10.5 Å². The molecular formula is C20H18N2O4. The number of hydrogen-bond donors (Lipinski definition) is 2. The Kier molecular flexibility index (Phi) is 5.34. The van der Waals surface area contributed by atoms with Gasteiger partial charge in [-0.1, -0.05) is 36.4 Å². The third kappa shape index (κ3) is 4.30. The predicted molar refractivity (Wildman–Crippen MR) is 98.1 cm³/mol. The number of nitrogens with one attached hydrogen (secondary N) is 1. The van der Waals surface area contributed by atoms with Crippen LogP contribution in [0, 0.1) is 0 Å². The lowest BCUT2D eigenvalue weighted by molar-refractivity contribution is 0.155. The van der Waals surface area contributed by atoms with Crippen LogP contribution in [0.15, 0.2) is 66.9 Å². The Labute approximate surface area is 151 Å². The van der Waals surface area contributed by atoms with Crippen LogP contribution in [0.2, 0.25) is 0 Å². The molecule has 0 atom stereocenters. The highest BCUT2D eigenvalue weighted by Crippen LogP contribution is 2.30. The number of nitrogens with zero attached hydrogens (tertiary/aromatic N) is 1. The van der Waals surface area contributed by atoms with Crippen LogP contribution < -0.4 is 10.1 Å². The third-order valence-corrected chi connectivity index (χ3v) is 3.72. The van der Waals surface area contributed by atoms with Gasteiger partial charge in [0.2, 0.25) is 5.88 Å². The number of phenols is 1. The van der Waals surface area contributed by atoms with Crippen LogP contribution in [0.5, 0.6) is 11.6 Å². The van der Waals surface area contributed by atoms with Gasteiger partial charge in [-0.2, -0.15) is 0 Å². The molecule has 3 aromatic rings. The topological polar surface area (TPSA) is 80.7 Å². The third-order valence-electron chi connectivity index (χ3n) is 3.72. The van der Waals surface area contributed by atoms with E-state index in [0.29, 0.717) is 5.88 Å². The fourth-order valence-electron chi connectivity index (χ4n) is 2.39. The van der Waals surface area contributed by atoms with E-state index in [1.165, 1.54) is 6.07 Å². The lowest BCUT2D eigenvalue weighted by Crippen LogP contribution is -2.13. The van der Waals surface area contributed by atoms with Crippen molar-refractivity contribution < 1.29 is 19.4 Å². The Balaban J connectivity index is 1.72. The highest BCUT2D eigenvalue weighted by atomic mass is 16.5. The molecule has 1 aromatic heterocycles. The van der Waals surface area contributed by atoms with Gasteiger partial charge in [-0.25, -0.2) is 9.78 Å². The van der Waals surface area contributed by atoms with E-state index in [2.05, 4.69) is 10.3 Å². The number of anilines is 1. The summed E-state index contributed by atoms with van der Waals surface area (Å²) in [7, 11) is 1.54. The normalized spacial score (nSPS) is 10.2. The van der Waals surface area contributed by atoms with E-state index in [1.54, 1.807) is 31.5 Å². The predicted octanol–water partition coefficient (Wildman–Crippen LogP) is 4.21. The minimum Gasteiger partial charge on any atom is -0.506 e. The number of methoxy groups -OCH3 is 1. The summed E-state index contributed by atoms with van der Waals surface area (Å²) < 4.78 is 10.3. The van der Waals surface area contributed by atoms with Gasteiger partial charge in [0, 0.05) is 12.3 Å². The summed E-state index contributed by atoms with van der Waals surface area (Å²) >= 11 is 0. The molecular weight excluding hydrogens is 332 g/mol. The molecule has 26 heavy (non-hydrogen) atoms. The van der Waals surface area contributed by atoms with Crippen molar-refractivity contribution in [3.63, 3.8) is 0 Å². The Hall–Kier alpha value is -3.54. The molecule has 0 bridgehead atoms. The molecule has 0 radical (unpaired) electrons. The smallest absolute Gasteiger partial charge is 0.412 e. The zero-order chi connectivity index (χ0) is 18.4. The first kappa shape index (κ1) is 17.3. The number of phenolic OH excluding ortho intramolecular Hbond substituents is 1. The molecule has 0 aliphatic heterocycles. The molecule has 2 aromatic carbocycles. The average Bonchev–Trinajstić information content (AvgIpc) is 2.69. The average molecular weight is 350 g/mol. The molecule has 1 heterocycles. The molecule has 6 heteroatoms.